The number of carbonyl (C=O) groups excluding carboxylic acids is 1. The number of carboxylic acid groups (broad SMARTS) is 1. The summed E-state index contributed by atoms with van der Waals surface area (Å²) in [4.78, 5) is 29.6. The Morgan fingerprint density at radius 1 is 1.11 bits per heavy atom. The Kier molecular flexibility index (Phi) is 10.0. The van der Waals surface area contributed by atoms with Gasteiger partial charge in [0.05, 0.1) is 16.2 Å². The zero-order chi connectivity index (χ0) is 27.9. The van der Waals surface area contributed by atoms with Gasteiger partial charge in [-0.15, -0.1) is 0 Å². The van der Waals surface area contributed by atoms with Crippen molar-refractivity contribution >= 4 is 44.6 Å². The van der Waals surface area contributed by atoms with Crippen LogP contribution in [0, 0.1) is 19.3 Å². The van der Waals surface area contributed by atoms with Crippen molar-refractivity contribution in [1.29, 1.82) is 0 Å². The molecule has 0 aliphatic heterocycles. The van der Waals surface area contributed by atoms with Crippen molar-refractivity contribution in [2.45, 2.75) is 71.3 Å². The lowest BCUT2D eigenvalue weighted by molar-refractivity contribution is -0.139. The van der Waals surface area contributed by atoms with E-state index >= 15 is 0 Å². The SMILES string of the molecule is Cc1ccnc(C)c1C(=O)Nc1ccc(C[C@H](NC(=S)C2(CCCCS(C)(=O)=O)CCCC2)C(=O)O)cc1. The highest BCUT2D eigenvalue weighted by atomic mass is 32.2. The number of hydrogen-bond acceptors (Lipinski definition) is 6. The predicted molar refractivity (Wildman–Crippen MR) is 153 cm³/mol. The zero-order valence-electron chi connectivity index (χ0n) is 22.2. The summed E-state index contributed by atoms with van der Waals surface area (Å²) < 4.78 is 22.9. The molecule has 10 heteroatoms. The van der Waals surface area contributed by atoms with Crippen LogP contribution in [0.1, 0.15) is 72.1 Å². The maximum atomic E-state index is 12.7. The molecule has 1 heterocycles. The van der Waals surface area contributed by atoms with Crippen molar-refractivity contribution in [3.05, 3.63) is 58.9 Å². The van der Waals surface area contributed by atoms with Crippen molar-refractivity contribution < 1.29 is 23.1 Å². The first-order valence-electron chi connectivity index (χ1n) is 12.9. The molecular formula is C28H37N3O5S2. The molecular weight excluding hydrogens is 522 g/mol. The zero-order valence-corrected chi connectivity index (χ0v) is 23.9. The quantitative estimate of drug-likeness (QED) is 0.254. The van der Waals surface area contributed by atoms with Gasteiger partial charge in [0.1, 0.15) is 15.9 Å². The van der Waals surface area contributed by atoms with Crippen LogP contribution in [0.3, 0.4) is 0 Å². The number of sulfone groups is 1. The lowest BCUT2D eigenvalue weighted by atomic mass is 9.80. The Bertz CT molecular complexity index is 1250. The van der Waals surface area contributed by atoms with Crippen LogP contribution in [-0.2, 0) is 21.1 Å². The van der Waals surface area contributed by atoms with Crippen molar-refractivity contribution in [3.63, 3.8) is 0 Å². The van der Waals surface area contributed by atoms with Crippen molar-refractivity contribution in [3.8, 4) is 0 Å². The average molecular weight is 560 g/mol. The van der Waals surface area contributed by atoms with Gasteiger partial charge in [-0.05, 0) is 68.9 Å². The summed E-state index contributed by atoms with van der Waals surface area (Å²) in [5.74, 6) is -1.08. The number of carboxylic acids is 1. The molecule has 1 aliphatic rings. The number of aliphatic carboxylic acids is 1. The minimum atomic E-state index is -3.00. The number of pyridine rings is 1. The minimum absolute atomic E-state index is 0.152. The first kappa shape index (κ1) is 29.7. The number of aromatic nitrogens is 1. The number of amides is 1. The number of hydrogen-bond donors (Lipinski definition) is 3. The Morgan fingerprint density at radius 2 is 1.76 bits per heavy atom. The smallest absolute Gasteiger partial charge is 0.326 e. The molecule has 1 amide bonds. The second-order valence-corrected chi connectivity index (χ2v) is 13.1. The number of nitrogens with zero attached hydrogens (tertiary/aromatic N) is 1. The van der Waals surface area contributed by atoms with E-state index < -0.39 is 21.8 Å². The van der Waals surface area contributed by atoms with Crippen LogP contribution < -0.4 is 10.6 Å². The van der Waals surface area contributed by atoms with Gasteiger partial charge in [0.15, 0.2) is 0 Å². The number of thiocarbonyl (C=S) groups is 1. The van der Waals surface area contributed by atoms with Crippen LogP contribution >= 0.6 is 12.2 Å². The third kappa shape index (κ3) is 8.07. The number of aryl methyl sites for hydroxylation is 2. The van der Waals surface area contributed by atoms with Gasteiger partial charge in [-0.1, -0.05) is 43.6 Å². The molecule has 1 fully saturated rings. The molecule has 206 valence electrons. The van der Waals surface area contributed by atoms with Crippen LogP contribution in [0.25, 0.3) is 0 Å². The first-order chi connectivity index (χ1) is 17.9. The van der Waals surface area contributed by atoms with Crippen LogP contribution in [0.4, 0.5) is 5.69 Å². The van der Waals surface area contributed by atoms with E-state index in [1.54, 1.807) is 43.5 Å². The molecule has 0 saturated heterocycles. The third-order valence-electron chi connectivity index (χ3n) is 7.29. The fourth-order valence-corrected chi connectivity index (χ4v) is 6.35. The van der Waals surface area contributed by atoms with Gasteiger partial charge in [0.2, 0.25) is 0 Å². The van der Waals surface area contributed by atoms with Gasteiger partial charge >= 0.3 is 5.97 Å². The lowest BCUT2D eigenvalue weighted by Crippen LogP contribution is -2.47. The predicted octanol–water partition coefficient (Wildman–Crippen LogP) is 4.64. The third-order valence-corrected chi connectivity index (χ3v) is 8.87. The van der Waals surface area contributed by atoms with Gasteiger partial charge in [-0.25, -0.2) is 13.2 Å². The number of carbonyl (C=O) groups is 2. The summed E-state index contributed by atoms with van der Waals surface area (Å²) in [6.07, 6.45) is 9.02. The molecule has 0 unspecified atom stereocenters. The number of benzene rings is 1. The monoisotopic (exact) mass is 559 g/mol. The van der Waals surface area contributed by atoms with E-state index in [1.807, 2.05) is 6.92 Å². The second-order valence-electron chi connectivity index (χ2n) is 10.4. The summed E-state index contributed by atoms with van der Waals surface area (Å²) in [5, 5.41) is 15.9. The molecule has 1 saturated carbocycles. The fraction of sp³-hybridized carbons (Fsp3) is 0.500. The molecule has 38 heavy (non-hydrogen) atoms. The summed E-state index contributed by atoms with van der Waals surface area (Å²) in [6.45, 7) is 3.65. The number of anilines is 1. The van der Waals surface area contributed by atoms with E-state index in [0.717, 1.165) is 49.7 Å². The van der Waals surface area contributed by atoms with Crippen molar-refractivity contribution in [1.82, 2.24) is 10.3 Å². The van der Waals surface area contributed by atoms with E-state index in [4.69, 9.17) is 12.2 Å². The van der Waals surface area contributed by atoms with Crippen LogP contribution in [0.5, 0.6) is 0 Å². The molecule has 0 radical (unpaired) electrons. The molecule has 3 N–H and O–H groups in total. The maximum Gasteiger partial charge on any atom is 0.326 e. The molecule has 2 aromatic rings. The topological polar surface area (TPSA) is 125 Å². The van der Waals surface area contributed by atoms with Gasteiger partial charge in [0.25, 0.3) is 5.91 Å². The lowest BCUT2D eigenvalue weighted by Gasteiger charge is -2.32. The fourth-order valence-electron chi connectivity index (χ4n) is 5.17. The van der Waals surface area contributed by atoms with Crippen molar-refractivity contribution in [2.24, 2.45) is 5.41 Å². The number of rotatable bonds is 12. The Labute approximate surface area is 230 Å². The van der Waals surface area contributed by atoms with E-state index in [9.17, 15) is 23.1 Å². The van der Waals surface area contributed by atoms with Crippen LogP contribution in [-0.4, -0.2) is 53.4 Å². The van der Waals surface area contributed by atoms with Crippen LogP contribution in [0.15, 0.2) is 36.5 Å². The maximum absolute atomic E-state index is 12.7. The van der Waals surface area contributed by atoms with E-state index in [-0.39, 0.29) is 23.5 Å². The van der Waals surface area contributed by atoms with Crippen molar-refractivity contribution in [2.75, 3.05) is 17.3 Å². The highest BCUT2D eigenvalue weighted by Gasteiger charge is 2.39. The summed E-state index contributed by atoms with van der Waals surface area (Å²) in [5.41, 5.74) is 3.16. The van der Waals surface area contributed by atoms with E-state index in [1.165, 1.54) is 6.26 Å². The molecule has 0 bridgehead atoms. The molecule has 1 aromatic carbocycles. The Balaban J connectivity index is 1.63. The normalized spacial score (nSPS) is 15.6. The highest BCUT2D eigenvalue weighted by molar-refractivity contribution is 7.90. The molecule has 3 rings (SSSR count). The number of nitrogens with one attached hydrogen (secondary N) is 2. The first-order valence-corrected chi connectivity index (χ1v) is 15.4. The largest absolute Gasteiger partial charge is 0.480 e. The van der Waals surface area contributed by atoms with Gasteiger partial charge in [-0.2, -0.15) is 0 Å². The molecule has 8 nitrogen and oxygen atoms in total. The van der Waals surface area contributed by atoms with Crippen LogP contribution in [0.2, 0.25) is 0 Å². The highest BCUT2D eigenvalue weighted by Crippen LogP contribution is 2.43. The van der Waals surface area contributed by atoms with E-state index in [2.05, 4.69) is 15.6 Å². The Hall–Kier alpha value is -2.85. The summed E-state index contributed by atoms with van der Waals surface area (Å²) >= 11 is 5.75. The Morgan fingerprint density at radius 3 is 2.34 bits per heavy atom. The van der Waals surface area contributed by atoms with Gasteiger partial charge in [0, 0.05) is 35.7 Å². The second kappa shape index (κ2) is 12.8. The summed E-state index contributed by atoms with van der Waals surface area (Å²) in [6, 6.07) is 8.01. The van der Waals surface area contributed by atoms with Gasteiger partial charge in [-0.3, -0.25) is 9.78 Å². The molecule has 1 atom stereocenters. The van der Waals surface area contributed by atoms with E-state index in [0.29, 0.717) is 28.4 Å². The molecule has 0 spiro atoms. The molecule has 1 aliphatic carbocycles. The average Bonchev–Trinajstić information content (AvgIpc) is 3.32. The van der Waals surface area contributed by atoms with Gasteiger partial charge < -0.3 is 15.7 Å². The minimum Gasteiger partial charge on any atom is -0.480 e. The summed E-state index contributed by atoms with van der Waals surface area (Å²) in [7, 11) is -3.00. The standard InChI is InChI=1S/C28H37N3O5S2/c1-19-12-16-29-20(2)24(19)25(32)30-22-10-8-21(9-11-22)18-23(26(33)34)31-27(37)28(13-4-5-14-28)15-6-7-17-38(3,35)36/h8-12,16,23H,4-7,13-15,17-18H2,1-3H3,(H,30,32)(H,31,37)(H,33,34)/t23-/m0/s1. The number of unbranched alkanes of at least 4 members (excludes halogenated alkanes) is 1. The molecule has 1 aromatic heterocycles.